The van der Waals surface area contributed by atoms with E-state index >= 15 is 0 Å². The van der Waals surface area contributed by atoms with E-state index in [1.807, 2.05) is 13.8 Å². The van der Waals surface area contributed by atoms with E-state index < -0.39 is 0 Å². The summed E-state index contributed by atoms with van der Waals surface area (Å²) in [6, 6.07) is -0.380. The first-order chi connectivity index (χ1) is 4.09. The lowest BCUT2D eigenvalue weighted by molar-refractivity contribution is -0.119. The molecule has 0 aromatic heterocycles. The second-order valence-electron chi connectivity index (χ2n) is 2.44. The van der Waals surface area contributed by atoms with Crippen LogP contribution in [0.4, 0.5) is 0 Å². The number of rotatable bonds is 3. The van der Waals surface area contributed by atoms with E-state index in [0.717, 1.165) is 0 Å². The Bertz CT molecular complexity index is 101. The van der Waals surface area contributed by atoms with Crippen LogP contribution in [0.2, 0.25) is 0 Å². The highest BCUT2D eigenvalue weighted by atomic mass is 16.1. The van der Waals surface area contributed by atoms with Crippen molar-refractivity contribution in [3.63, 3.8) is 0 Å². The minimum atomic E-state index is -0.380. The third-order valence-corrected chi connectivity index (χ3v) is 1.29. The second-order valence-corrected chi connectivity index (χ2v) is 2.44. The van der Waals surface area contributed by atoms with Gasteiger partial charge in [0, 0.05) is 0 Å². The largest absolute Gasteiger partial charge is 0.324 e. The zero-order valence-electron chi connectivity index (χ0n) is 5.92. The van der Waals surface area contributed by atoms with E-state index in [4.69, 9.17) is 11.5 Å². The van der Waals surface area contributed by atoms with Crippen molar-refractivity contribution in [1.29, 1.82) is 0 Å². The molecule has 4 N–H and O–H groups in total. The van der Waals surface area contributed by atoms with Gasteiger partial charge in [-0.3, -0.25) is 4.79 Å². The Morgan fingerprint density at radius 1 is 1.56 bits per heavy atom. The average molecular weight is 130 g/mol. The molecule has 54 valence electrons. The molecular weight excluding hydrogens is 116 g/mol. The fourth-order valence-corrected chi connectivity index (χ4v) is 0.508. The van der Waals surface area contributed by atoms with Crippen molar-refractivity contribution in [1.82, 2.24) is 0 Å². The first-order valence-corrected chi connectivity index (χ1v) is 3.08. The molecule has 0 aliphatic rings. The molecule has 0 bridgehead atoms. The standard InChI is InChI=1S/C6H14N2O/c1-4(2)6(8)5(9)3-7/h4,6H,3,7-8H2,1-2H3. The summed E-state index contributed by atoms with van der Waals surface area (Å²) < 4.78 is 0. The topological polar surface area (TPSA) is 69.1 Å². The van der Waals surface area contributed by atoms with Gasteiger partial charge in [0.05, 0.1) is 12.6 Å². The Kier molecular flexibility index (Phi) is 3.42. The van der Waals surface area contributed by atoms with Crippen molar-refractivity contribution >= 4 is 5.78 Å². The molecule has 0 fully saturated rings. The average Bonchev–Trinajstić information content (AvgIpc) is 1.84. The number of ketones is 1. The van der Waals surface area contributed by atoms with Crippen molar-refractivity contribution < 1.29 is 4.79 Å². The Labute approximate surface area is 55.4 Å². The first kappa shape index (κ1) is 8.59. The van der Waals surface area contributed by atoms with Crippen LogP contribution in [0.25, 0.3) is 0 Å². The van der Waals surface area contributed by atoms with Crippen LogP contribution in [0, 0.1) is 5.92 Å². The van der Waals surface area contributed by atoms with Crippen molar-refractivity contribution in [2.24, 2.45) is 17.4 Å². The van der Waals surface area contributed by atoms with Crippen LogP contribution in [0.3, 0.4) is 0 Å². The minimum Gasteiger partial charge on any atom is -0.324 e. The van der Waals surface area contributed by atoms with Gasteiger partial charge in [-0.1, -0.05) is 13.8 Å². The Balaban J connectivity index is 3.72. The molecule has 0 radical (unpaired) electrons. The van der Waals surface area contributed by atoms with Gasteiger partial charge in [-0.2, -0.15) is 0 Å². The highest BCUT2D eigenvalue weighted by Gasteiger charge is 2.14. The molecule has 3 heteroatoms. The molecule has 9 heavy (non-hydrogen) atoms. The quantitative estimate of drug-likeness (QED) is 0.541. The van der Waals surface area contributed by atoms with E-state index in [0.29, 0.717) is 0 Å². The lowest BCUT2D eigenvalue weighted by atomic mass is 10.0. The number of carbonyl (C=O) groups is 1. The van der Waals surface area contributed by atoms with Gasteiger partial charge in [0.25, 0.3) is 0 Å². The smallest absolute Gasteiger partial charge is 0.163 e. The second kappa shape index (κ2) is 3.58. The van der Waals surface area contributed by atoms with Crippen molar-refractivity contribution in [3.8, 4) is 0 Å². The summed E-state index contributed by atoms with van der Waals surface area (Å²) in [6.07, 6.45) is 0. The lowest BCUT2D eigenvalue weighted by Crippen LogP contribution is -2.39. The number of hydrogen-bond donors (Lipinski definition) is 2. The van der Waals surface area contributed by atoms with Crippen LogP contribution in [-0.4, -0.2) is 18.4 Å². The van der Waals surface area contributed by atoms with Gasteiger partial charge in [0.1, 0.15) is 0 Å². The van der Waals surface area contributed by atoms with Gasteiger partial charge >= 0.3 is 0 Å². The van der Waals surface area contributed by atoms with E-state index in [9.17, 15) is 4.79 Å². The minimum absolute atomic E-state index is 0.0549. The molecule has 0 aromatic carbocycles. The molecule has 0 aliphatic carbocycles. The predicted molar refractivity (Wildman–Crippen MR) is 36.9 cm³/mol. The molecule has 0 spiro atoms. The summed E-state index contributed by atoms with van der Waals surface area (Å²) >= 11 is 0. The molecule has 0 aromatic rings. The molecule has 3 nitrogen and oxygen atoms in total. The van der Waals surface area contributed by atoms with Crippen LogP contribution in [-0.2, 0) is 4.79 Å². The van der Waals surface area contributed by atoms with Gasteiger partial charge in [-0.15, -0.1) is 0 Å². The molecule has 0 amide bonds. The molecule has 0 heterocycles. The lowest BCUT2D eigenvalue weighted by Gasteiger charge is -2.11. The first-order valence-electron chi connectivity index (χ1n) is 3.08. The molecule has 0 rings (SSSR count). The predicted octanol–water partition coefficient (Wildman–Crippen LogP) is -0.502. The van der Waals surface area contributed by atoms with Crippen LogP contribution in [0.1, 0.15) is 13.8 Å². The zero-order valence-corrected chi connectivity index (χ0v) is 5.92. The normalized spacial score (nSPS) is 13.9. The van der Waals surface area contributed by atoms with Crippen molar-refractivity contribution in [2.75, 3.05) is 6.54 Å². The van der Waals surface area contributed by atoms with Gasteiger partial charge in [-0.05, 0) is 5.92 Å². The third kappa shape index (κ3) is 2.58. The fraction of sp³-hybridized carbons (Fsp3) is 0.833. The number of nitrogens with two attached hydrogens (primary N) is 2. The summed E-state index contributed by atoms with van der Waals surface area (Å²) in [7, 11) is 0. The molecular formula is C6H14N2O. The van der Waals surface area contributed by atoms with Gasteiger partial charge < -0.3 is 11.5 Å². The highest BCUT2D eigenvalue weighted by Crippen LogP contribution is 1.97. The van der Waals surface area contributed by atoms with E-state index in [1.54, 1.807) is 0 Å². The number of carbonyl (C=O) groups excluding carboxylic acids is 1. The van der Waals surface area contributed by atoms with Crippen molar-refractivity contribution in [3.05, 3.63) is 0 Å². The SMILES string of the molecule is CC(C)C(N)C(=O)CN. The van der Waals surface area contributed by atoms with Crippen LogP contribution >= 0.6 is 0 Å². The van der Waals surface area contributed by atoms with Gasteiger partial charge in [-0.25, -0.2) is 0 Å². The van der Waals surface area contributed by atoms with E-state index in [-0.39, 0.29) is 24.3 Å². The Morgan fingerprint density at radius 3 is 2.11 bits per heavy atom. The molecule has 1 atom stereocenters. The van der Waals surface area contributed by atoms with Gasteiger partial charge in [0.2, 0.25) is 0 Å². The van der Waals surface area contributed by atoms with Crippen LogP contribution in [0.15, 0.2) is 0 Å². The molecule has 0 saturated heterocycles. The Hall–Kier alpha value is -0.410. The molecule has 0 saturated carbocycles. The van der Waals surface area contributed by atoms with E-state index in [2.05, 4.69) is 0 Å². The fourth-order valence-electron chi connectivity index (χ4n) is 0.508. The molecule has 0 aliphatic heterocycles. The zero-order chi connectivity index (χ0) is 7.44. The third-order valence-electron chi connectivity index (χ3n) is 1.29. The van der Waals surface area contributed by atoms with Crippen LogP contribution < -0.4 is 11.5 Å². The maximum absolute atomic E-state index is 10.7. The number of Topliss-reactive ketones (excluding diaryl/α,β-unsaturated/α-hetero) is 1. The summed E-state index contributed by atoms with van der Waals surface area (Å²) in [6.45, 7) is 3.86. The van der Waals surface area contributed by atoms with Gasteiger partial charge in [0.15, 0.2) is 5.78 Å². The highest BCUT2D eigenvalue weighted by molar-refractivity contribution is 5.85. The van der Waals surface area contributed by atoms with Crippen molar-refractivity contribution in [2.45, 2.75) is 19.9 Å². The summed E-state index contributed by atoms with van der Waals surface area (Å²) in [4.78, 5) is 10.7. The molecule has 1 unspecified atom stereocenters. The summed E-state index contributed by atoms with van der Waals surface area (Å²) in [5.41, 5.74) is 10.5. The number of hydrogen-bond acceptors (Lipinski definition) is 3. The summed E-state index contributed by atoms with van der Waals surface area (Å²) in [5.74, 6) is 0.131. The maximum Gasteiger partial charge on any atom is 0.163 e. The Morgan fingerprint density at radius 2 is 2.00 bits per heavy atom. The van der Waals surface area contributed by atoms with E-state index in [1.165, 1.54) is 0 Å². The monoisotopic (exact) mass is 130 g/mol. The maximum atomic E-state index is 10.7. The van der Waals surface area contributed by atoms with Crippen LogP contribution in [0.5, 0.6) is 0 Å². The summed E-state index contributed by atoms with van der Waals surface area (Å²) in [5, 5.41) is 0.